The van der Waals surface area contributed by atoms with Crippen molar-refractivity contribution < 1.29 is 13.7 Å². The molecule has 1 aliphatic rings. The molecule has 0 aliphatic carbocycles. The van der Waals surface area contributed by atoms with Crippen molar-refractivity contribution >= 4 is 66.8 Å². The van der Waals surface area contributed by atoms with Crippen LogP contribution in [0.2, 0.25) is 0 Å². The molecule has 0 unspecified atom stereocenters. The third kappa shape index (κ3) is 3.04. The fourth-order valence-electron chi connectivity index (χ4n) is 4.98. The molecular weight excluding hydrogens is 453 g/mol. The first-order valence-corrected chi connectivity index (χ1v) is 12.7. The number of nitrogens with zero attached hydrogens (tertiary/aromatic N) is 1. The van der Waals surface area contributed by atoms with E-state index < -0.39 is 18.3 Å². The molecule has 4 aromatic carbocycles. The first-order chi connectivity index (χ1) is 16.8. The maximum absolute atomic E-state index is 6.46. The monoisotopic (exact) mass is 477 g/mol. The molecule has 172 valence electrons. The summed E-state index contributed by atoms with van der Waals surface area (Å²) < 4.78 is 20.4. The standard InChI is InChI=1S/C29H24BNO3S/c1-28(2)29(3,4)34-30(33-28)21-13-7-11-19-24-20(12-8-14-22(24)32-26(19)21)27-31-25-18-10-6-5-9-17(18)15-16-23(25)35-27/h5-16H,1-4H3. The number of fused-ring (bicyclic) bond motifs is 6. The zero-order chi connectivity index (χ0) is 23.9. The van der Waals surface area contributed by atoms with Crippen molar-refractivity contribution in [3.05, 3.63) is 72.8 Å². The molecule has 0 bridgehead atoms. The van der Waals surface area contributed by atoms with Crippen molar-refractivity contribution in [1.29, 1.82) is 0 Å². The van der Waals surface area contributed by atoms with Crippen molar-refractivity contribution in [2.75, 3.05) is 0 Å². The van der Waals surface area contributed by atoms with Crippen LogP contribution >= 0.6 is 11.3 Å². The van der Waals surface area contributed by atoms with Gasteiger partial charge in [-0.15, -0.1) is 11.3 Å². The molecule has 6 heteroatoms. The summed E-state index contributed by atoms with van der Waals surface area (Å²) in [6.45, 7) is 8.28. The first kappa shape index (κ1) is 21.1. The molecule has 0 N–H and O–H groups in total. The minimum absolute atomic E-state index is 0.416. The highest BCUT2D eigenvalue weighted by atomic mass is 32.1. The Morgan fingerprint density at radius 3 is 2.34 bits per heavy atom. The Kier molecular flexibility index (Phi) is 4.33. The molecule has 6 aromatic rings. The molecular formula is C29H24BNO3S. The quantitative estimate of drug-likeness (QED) is 0.245. The molecule has 4 nitrogen and oxygen atoms in total. The molecule has 1 aliphatic heterocycles. The predicted molar refractivity (Wildman–Crippen MR) is 146 cm³/mol. The van der Waals surface area contributed by atoms with Crippen molar-refractivity contribution in [3.63, 3.8) is 0 Å². The largest absolute Gasteiger partial charge is 0.498 e. The van der Waals surface area contributed by atoms with E-state index in [4.69, 9.17) is 18.7 Å². The van der Waals surface area contributed by atoms with Crippen LogP contribution in [0, 0.1) is 0 Å². The number of rotatable bonds is 2. The average Bonchev–Trinajstić information content (AvgIpc) is 3.50. The SMILES string of the molecule is CC1(C)OB(c2cccc3c2oc2cccc(-c4nc5c(ccc6ccccc65)s4)c23)OC1(C)C. The number of benzene rings is 4. The molecule has 0 atom stereocenters. The van der Waals surface area contributed by atoms with Crippen molar-refractivity contribution in [1.82, 2.24) is 4.98 Å². The maximum atomic E-state index is 6.46. The smallest absolute Gasteiger partial charge is 0.456 e. The fraction of sp³-hybridized carbons (Fsp3) is 0.207. The molecule has 0 radical (unpaired) electrons. The summed E-state index contributed by atoms with van der Waals surface area (Å²) in [6.07, 6.45) is 0. The summed E-state index contributed by atoms with van der Waals surface area (Å²) in [4.78, 5) is 5.11. The number of furan rings is 1. The van der Waals surface area contributed by atoms with Crippen molar-refractivity contribution in [3.8, 4) is 10.6 Å². The van der Waals surface area contributed by atoms with Crippen LogP contribution in [0.4, 0.5) is 0 Å². The predicted octanol–water partition coefficient (Wildman–Crippen LogP) is 7.32. The van der Waals surface area contributed by atoms with Crippen LogP contribution in [0.5, 0.6) is 0 Å². The van der Waals surface area contributed by atoms with E-state index in [1.807, 2.05) is 18.2 Å². The van der Waals surface area contributed by atoms with Gasteiger partial charge in [-0.25, -0.2) is 4.98 Å². The summed E-state index contributed by atoms with van der Waals surface area (Å²) in [5.74, 6) is 0. The Balaban J connectivity index is 1.44. The molecule has 1 saturated heterocycles. The van der Waals surface area contributed by atoms with E-state index in [0.29, 0.717) is 0 Å². The van der Waals surface area contributed by atoms with E-state index >= 15 is 0 Å². The van der Waals surface area contributed by atoms with Crippen LogP contribution in [-0.4, -0.2) is 23.3 Å². The first-order valence-electron chi connectivity index (χ1n) is 11.9. The summed E-state index contributed by atoms with van der Waals surface area (Å²) in [5.41, 5.74) is 3.86. The van der Waals surface area contributed by atoms with E-state index in [1.54, 1.807) is 11.3 Å². The topological polar surface area (TPSA) is 44.5 Å². The number of hydrogen-bond donors (Lipinski definition) is 0. The van der Waals surface area contributed by atoms with Gasteiger partial charge in [0.15, 0.2) is 0 Å². The lowest BCUT2D eigenvalue weighted by atomic mass is 9.78. The highest BCUT2D eigenvalue weighted by Gasteiger charge is 2.52. The fourth-order valence-corrected chi connectivity index (χ4v) is 5.99. The number of hydrogen-bond acceptors (Lipinski definition) is 5. The molecule has 7 rings (SSSR count). The zero-order valence-corrected chi connectivity index (χ0v) is 20.9. The van der Waals surface area contributed by atoms with Gasteiger partial charge < -0.3 is 13.7 Å². The highest BCUT2D eigenvalue weighted by molar-refractivity contribution is 7.21. The zero-order valence-electron chi connectivity index (χ0n) is 20.1. The van der Waals surface area contributed by atoms with E-state index in [-0.39, 0.29) is 0 Å². The maximum Gasteiger partial charge on any atom is 0.498 e. The Bertz CT molecular complexity index is 1770. The second kappa shape index (κ2) is 7.17. The van der Waals surface area contributed by atoms with E-state index in [0.717, 1.165) is 43.5 Å². The van der Waals surface area contributed by atoms with Crippen LogP contribution in [-0.2, 0) is 9.31 Å². The lowest BCUT2D eigenvalue weighted by Crippen LogP contribution is -2.41. The van der Waals surface area contributed by atoms with Gasteiger partial charge in [0.2, 0.25) is 0 Å². The lowest BCUT2D eigenvalue weighted by molar-refractivity contribution is 0.00578. The molecule has 2 aromatic heterocycles. The van der Waals surface area contributed by atoms with Gasteiger partial charge >= 0.3 is 7.12 Å². The average molecular weight is 477 g/mol. The lowest BCUT2D eigenvalue weighted by Gasteiger charge is -2.32. The van der Waals surface area contributed by atoms with E-state index in [2.05, 4.69) is 82.3 Å². The van der Waals surface area contributed by atoms with Crippen LogP contribution in [0.3, 0.4) is 0 Å². The molecule has 0 saturated carbocycles. The Morgan fingerprint density at radius 1 is 0.771 bits per heavy atom. The number of thiazole rings is 1. The minimum atomic E-state index is -0.485. The Morgan fingerprint density at radius 2 is 1.51 bits per heavy atom. The molecule has 0 amide bonds. The second-order valence-corrected chi connectivity index (χ2v) is 11.3. The molecule has 1 fully saturated rings. The third-order valence-electron chi connectivity index (χ3n) is 7.57. The molecule has 35 heavy (non-hydrogen) atoms. The van der Waals surface area contributed by atoms with E-state index in [9.17, 15) is 0 Å². The van der Waals surface area contributed by atoms with Crippen LogP contribution in [0.25, 0.3) is 53.5 Å². The van der Waals surface area contributed by atoms with Crippen molar-refractivity contribution in [2.45, 2.75) is 38.9 Å². The summed E-state index contributed by atoms with van der Waals surface area (Å²) in [7, 11) is -0.485. The minimum Gasteiger partial charge on any atom is -0.456 e. The van der Waals surface area contributed by atoms with Crippen LogP contribution < -0.4 is 5.46 Å². The van der Waals surface area contributed by atoms with Gasteiger partial charge in [-0.3, -0.25) is 0 Å². The highest BCUT2D eigenvalue weighted by Crippen LogP contribution is 2.42. The van der Waals surface area contributed by atoms with Gasteiger partial charge in [0.1, 0.15) is 16.2 Å². The number of para-hydroxylation sites is 1. The number of aromatic nitrogens is 1. The van der Waals surface area contributed by atoms with Gasteiger partial charge in [0, 0.05) is 27.2 Å². The normalized spacial score (nSPS) is 17.3. The van der Waals surface area contributed by atoms with Gasteiger partial charge in [-0.1, -0.05) is 60.7 Å². The van der Waals surface area contributed by atoms with Gasteiger partial charge in [-0.05, 0) is 45.2 Å². The van der Waals surface area contributed by atoms with Gasteiger partial charge in [-0.2, -0.15) is 0 Å². The van der Waals surface area contributed by atoms with Crippen LogP contribution in [0.1, 0.15) is 27.7 Å². The van der Waals surface area contributed by atoms with Crippen LogP contribution in [0.15, 0.2) is 77.2 Å². The van der Waals surface area contributed by atoms with Gasteiger partial charge in [0.05, 0.1) is 21.4 Å². The van der Waals surface area contributed by atoms with Crippen molar-refractivity contribution in [2.24, 2.45) is 0 Å². The second-order valence-electron chi connectivity index (χ2n) is 10.2. The van der Waals surface area contributed by atoms with Gasteiger partial charge in [0.25, 0.3) is 0 Å². The van der Waals surface area contributed by atoms with E-state index in [1.165, 1.54) is 15.5 Å². The summed E-state index contributed by atoms with van der Waals surface area (Å²) in [5, 5.41) is 5.50. The third-order valence-corrected chi connectivity index (χ3v) is 8.63. The Labute approximate surface area is 207 Å². The summed E-state index contributed by atoms with van der Waals surface area (Å²) >= 11 is 1.72. The summed E-state index contributed by atoms with van der Waals surface area (Å²) in [6, 6.07) is 25.2. The Hall–Kier alpha value is -3.19. The molecule has 0 spiro atoms. The molecule has 3 heterocycles.